The Morgan fingerprint density at radius 2 is 1.95 bits per heavy atom. The first-order chi connectivity index (χ1) is 8.91. The lowest BCUT2D eigenvalue weighted by Gasteiger charge is -2.12. The quantitative estimate of drug-likeness (QED) is 0.561. The topological polar surface area (TPSA) is 87.7 Å². The van der Waals surface area contributed by atoms with Gasteiger partial charge in [0.2, 0.25) is 0 Å². The number of methoxy groups -OCH3 is 1. The highest BCUT2D eigenvalue weighted by atomic mass is 16.5. The fraction of sp³-hybridized carbons (Fsp3) is 1.00. The monoisotopic (exact) mass is 278 g/mol. The van der Waals surface area contributed by atoms with E-state index in [0.717, 1.165) is 19.6 Å². The minimum Gasteiger partial charge on any atom is -0.395 e. The minimum atomic E-state index is -0.403. The summed E-state index contributed by atoms with van der Waals surface area (Å²) in [6, 6.07) is 0.403. The average molecular weight is 278 g/mol. The van der Waals surface area contributed by atoms with E-state index in [9.17, 15) is 0 Å². The van der Waals surface area contributed by atoms with Crippen molar-refractivity contribution < 1.29 is 14.9 Å². The van der Waals surface area contributed by atoms with E-state index < -0.39 is 5.54 Å². The molecule has 19 heavy (non-hydrogen) atoms. The number of aliphatic hydroxyl groups excluding tert-OH is 2. The third-order valence-electron chi connectivity index (χ3n) is 2.49. The summed E-state index contributed by atoms with van der Waals surface area (Å²) < 4.78 is 4.78. The molecule has 0 aromatic carbocycles. The Balaban J connectivity index is 0. The maximum atomic E-state index is 8.50. The summed E-state index contributed by atoms with van der Waals surface area (Å²) in [6.07, 6.45) is 4.80. The van der Waals surface area contributed by atoms with Gasteiger partial charge >= 0.3 is 0 Å². The van der Waals surface area contributed by atoms with Crippen molar-refractivity contribution in [1.29, 1.82) is 0 Å². The maximum absolute atomic E-state index is 8.50. The molecule has 5 nitrogen and oxygen atoms in total. The molecule has 0 spiro atoms. The second-order valence-corrected chi connectivity index (χ2v) is 5.47. The van der Waals surface area contributed by atoms with Gasteiger partial charge in [-0.1, -0.05) is 13.3 Å². The largest absolute Gasteiger partial charge is 0.395 e. The smallest absolute Gasteiger partial charge is 0.0605 e. The van der Waals surface area contributed by atoms with E-state index in [1.165, 1.54) is 19.3 Å². The van der Waals surface area contributed by atoms with Crippen LogP contribution in [0.1, 0.15) is 46.5 Å². The summed E-state index contributed by atoms with van der Waals surface area (Å²) in [4.78, 5) is 0. The van der Waals surface area contributed by atoms with Gasteiger partial charge in [0.1, 0.15) is 0 Å². The van der Waals surface area contributed by atoms with E-state index in [0.29, 0.717) is 12.6 Å². The third-order valence-corrected chi connectivity index (χ3v) is 2.49. The molecule has 118 valence electrons. The second-order valence-electron chi connectivity index (χ2n) is 5.47. The van der Waals surface area contributed by atoms with Crippen LogP contribution in [-0.4, -0.2) is 55.3 Å². The van der Waals surface area contributed by atoms with Gasteiger partial charge in [-0.2, -0.15) is 0 Å². The van der Waals surface area contributed by atoms with Crippen LogP contribution in [0.2, 0.25) is 0 Å². The van der Waals surface area contributed by atoms with Gasteiger partial charge in [-0.25, -0.2) is 0 Å². The lowest BCUT2D eigenvalue weighted by atomic mass is 10.1. The zero-order valence-electron chi connectivity index (χ0n) is 13.1. The van der Waals surface area contributed by atoms with Crippen molar-refractivity contribution in [2.75, 3.05) is 33.5 Å². The molecular formula is C14H34N2O3. The van der Waals surface area contributed by atoms with Crippen molar-refractivity contribution in [3.63, 3.8) is 0 Å². The van der Waals surface area contributed by atoms with Crippen LogP contribution < -0.4 is 11.1 Å². The Morgan fingerprint density at radius 3 is 2.11 bits per heavy atom. The van der Waals surface area contributed by atoms with Gasteiger partial charge in [0.25, 0.3) is 0 Å². The van der Waals surface area contributed by atoms with Crippen molar-refractivity contribution in [3.8, 4) is 0 Å². The fourth-order valence-electron chi connectivity index (χ4n) is 1.20. The minimum absolute atomic E-state index is 0.0486. The molecule has 5 N–H and O–H groups in total. The lowest BCUT2D eigenvalue weighted by Crippen LogP contribution is -2.35. The SMILES string of the molecule is CC(C)(N)CO.CCCCOC.OCC1CCCN1. The first-order valence-electron chi connectivity index (χ1n) is 7.14. The third kappa shape index (κ3) is 20.3. The summed E-state index contributed by atoms with van der Waals surface area (Å²) in [5.41, 5.74) is 4.88. The molecule has 5 heteroatoms. The fourth-order valence-corrected chi connectivity index (χ4v) is 1.20. The van der Waals surface area contributed by atoms with Crippen LogP contribution in [0.3, 0.4) is 0 Å². The molecule has 0 bridgehead atoms. The number of aliphatic hydroxyl groups is 2. The molecule has 1 heterocycles. The van der Waals surface area contributed by atoms with Gasteiger partial charge in [0.15, 0.2) is 0 Å². The van der Waals surface area contributed by atoms with Crippen LogP contribution in [-0.2, 0) is 4.74 Å². The van der Waals surface area contributed by atoms with Crippen LogP contribution in [0, 0.1) is 0 Å². The molecule has 1 unspecified atom stereocenters. The predicted octanol–water partition coefficient (Wildman–Crippen LogP) is 0.880. The number of nitrogens with one attached hydrogen (secondary N) is 1. The summed E-state index contributed by atoms with van der Waals surface area (Å²) in [6.45, 7) is 8.05. The van der Waals surface area contributed by atoms with Gasteiger partial charge in [-0.05, 0) is 39.7 Å². The average Bonchev–Trinajstić information content (AvgIpc) is 2.90. The van der Waals surface area contributed by atoms with E-state index in [2.05, 4.69) is 12.2 Å². The van der Waals surface area contributed by atoms with Gasteiger partial charge in [0, 0.05) is 25.3 Å². The number of rotatable bonds is 5. The Labute approximate surface area is 118 Å². The van der Waals surface area contributed by atoms with E-state index in [-0.39, 0.29) is 6.61 Å². The van der Waals surface area contributed by atoms with Crippen LogP contribution in [0.4, 0.5) is 0 Å². The van der Waals surface area contributed by atoms with Gasteiger partial charge in [0.05, 0.1) is 13.2 Å². The molecule has 0 amide bonds. The van der Waals surface area contributed by atoms with E-state index in [1.54, 1.807) is 21.0 Å². The van der Waals surface area contributed by atoms with E-state index in [4.69, 9.17) is 20.7 Å². The molecule has 1 saturated heterocycles. The summed E-state index contributed by atoms with van der Waals surface area (Å²) in [5, 5.41) is 19.9. The lowest BCUT2D eigenvalue weighted by molar-refractivity contribution is 0.194. The number of nitrogens with two attached hydrogens (primary N) is 1. The first kappa shape index (κ1) is 21.1. The van der Waals surface area contributed by atoms with Crippen molar-refractivity contribution in [2.45, 2.75) is 58.0 Å². The van der Waals surface area contributed by atoms with Crippen LogP contribution in [0.25, 0.3) is 0 Å². The molecule has 0 aromatic heterocycles. The highest BCUT2D eigenvalue weighted by Crippen LogP contribution is 2.02. The zero-order valence-corrected chi connectivity index (χ0v) is 13.1. The molecule has 0 aliphatic carbocycles. The van der Waals surface area contributed by atoms with E-state index >= 15 is 0 Å². The number of hydrogen-bond acceptors (Lipinski definition) is 5. The van der Waals surface area contributed by atoms with Gasteiger partial charge in [-0.15, -0.1) is 0 Å². The molecule has 1 rings (SSSR count). The summed E-state index contributed by atoms with van der Waals surface area (Å²) >= 11 is 0. The van der Waals surface area contributed by atoms with Crippen LogP contribution >= 0.6 is 0 Å². The zero-order chi connectivity index (χ0) is 15.1. The van der Waals surface area contributed by atoms with Crippen molar-refractivity contribution in [2.24, 2.45) is 5.73 Å². The molecule has 1 fully saturated rings. The van der Waals surface area contributed by atoms with E-state index in [1.807, 2.05) is 0 Å². The van der Waals surface area contributed by atoms with Crippen LogP contribution in [0.5, 0.6) is 0 Å². The molecular weight excluding hydrogens is 244 g/mol. The molecule has 1 aliphatic rings. The van der Waals surface area contributed by atoms with Crippen molar-refractivity contribution >= 4 is 0 Å². The molecule has 1 atom stereocenters. The summed E-state index contributed by atoms with van der Waals surface area (Å²) in [7, 11) is 1.73. The molecule has 0 radical (unpaired) electrons. The maximum Gasteiger partial charge on any atom is 0.0605 e. The van der Waals surface area contributed by atoms with Gasteiger partial charge < -0.3 is 26.0 Å². The second kappa shape index (κ2) is 14.2. The van der Waals surface area contributed by atoms with Crippen LogP contribution in [0.15, 0.2) is 0 Å². The Bertz CT molecular complexity index is 163. The molecule has 0 saturated carbocycles. The highest BCUT2D eigenvalue weighted by Gasteiger charge is 2.10. The van der Waals surface area contributed by atoms with Crippen molar-refractivity contribution in [1.82, 2.24) is 5.32 Å². The Hall–Kier alpha value is -0.200. The Morgan fingerprint density at radius 1 is 1.37 bits per heavy atom. The number of ether oxygens (including phenoxy) is 1. The number of unbranched alkanes of at least 4 members (excludes halogenated alkanes) is 1. The molecule has 1 aliphatic heterocycles. The molecule has 0 aromatic rings. The standard InChI is InChI=1S/C5H11NO.C5H12O.C4H11NO/c7-4-5-2-1-3-6-5;1-3-4-5-6-2;1-4(2,5)3-6/h5-7H,1-4H2;3-5H2,1-2H3;6H,3,5H2,1-2H3. The summed E-state index contributed by atoms with van der Waals surface area (Å²) in [5.74, 6) is 0. The van der Waals surface area contributed by atoms with Gasteiger partial charge in [-0.3, -0.25) is 0 Å². The van der Waals surface area contributed by atoms with Crippen molar-refractivity contribution in [3.05, 3.63) is 0 Å². The number of hydrogen-bond donors (Lipinski definition) is 4. The normalized spacial score (nSPS) is 18.2. The highest BCUT2D eigenvalue weighted by molar-refractivity contribution is 4.71. The predicted molar refractivity (Wildman–Crippen MR) is 80.2 cm³/mol. The first-order valence-corrected chi connectivity index (χ1v) is 7.14. The Kier molecular flexibility index (Phi) is 15.8.